The minimum atomic E-state index is -0.178. The number of aliphatic imine (C=N–C) groups is 1. The Bertz CT molecular complexity index is 502. The zero-order valence-electron chi connectivity index (χ0n) is 14.7. The summed E-state index contributed by atoms with van der Waals surface area (Å²) in [4.78, 5) is 6.64. The number of halogens is 2. The smallest absolute Gasteiger partial charge is 0.190 e. The van der Waals surface area contributed by atoms with Crippen molar-refractivity contribution in [2.75, 3.05) is 40.3 Å². The summed E-state index contributed by atoms with van der Waals surface area (Å²) in [5.74, 6) is 1.47. The summed E-state index contributed by atoms with van der Waals surface area (Å²) in [7, 11) is 3.98. The Hall–Kier alpha value is -0.890. The molecule has 136 valence electrons. The fourth-order valence-corrected chi connectivity index (χ4v) is 2.98. The lowest BCUT2D eigenvalue weighted by molar-refractivity contribution is 0.213. The van der Waals surface area contributed by atoms with Crippen LogP contribution >= 0.6 is 24.0 Å². The van der Waals surface area contributed by atoms with Crippen LogP contribution in [-0.2, 0) is 6.42 Å². The molecule has 1 aromatic carbocycles. The average Bonchev–Trinajstić information content (AvgIpc) is 2.55. The maximum atomic E-state index is 13.1. The van der Waals surface area contributed by atoms with Gasteiger partial charge in [-0.15, -0.1) is 24.0 Å². The Morgan fingerprint density at radius 3 is 2.62 bits per heavy atom. The van der Waals surface area contributed by atoms with E-state index in [1.165, 1.54) is 38.4 Å². The number of piperidine rings is 1. The fourth-order valence-electron chi connectivity index (χ4n) is 2.98. The summed E-state index contributed by atoms with van der Waals surface area (Å²) in [5, 5.41) is 6.67. The van der Waals surface area contributed by atoms with Crippen molar-refractivity contribution in [2.24, 2.45) is 10.9 Å². The number of benzene rings is 1. The van der Waals surface area contributed by atoms with Gasteiger partial charge in [0.15, 0.2) is 5.96 Å². The van der Waals surface area contributed by atoms with Gasteiger partial charge in [-0.3, -0.25) is 4.99 Å². The first kappa shape index (κ1) is 21.2. The number of nitrogens with one attached hydrogen (secondary N) is 2. The standard InChI is InChI=1S/C18H29FN4.HI/c1-20-18(21-10-6-15-8-12-23(2)13-9-15)22-11-7-16-4-3-5-17(19)14-16;/h3-5,14-15H,6-13H2,1-2H3,(H2,20,21,22);1H. The normalized spacial score (nSPS) is 16.5. The van der Waals surface area contributed by atoms with E-state index in [4.69, 9.17) is 0 Å². The number of likely N-dealkylation sites (tertiary alicyclic amines) is 1. The van der Waals surface area contributed by atoms with E-state index >= 15 is 0 Å². The first-order valence-electron chi connectivity index (χ1n) is 8.55. The Morgan fingerprint density at radius 1 is 1.25 bits per heavy atom. The van der Waals surface area contributed by atoms with Crippen LogP contribution in [0.25, 0.3) is 0 Å². The average molecular weight is 448 g/mol. The highest BCUT2D eigenvalue weighted by atomic mass is 127. The first-order valence-corrected chi connectivity index (χ1v) is 8.55. The molecule has 1 fully saturated rings. The molecule has 2 rings (SSSR count). The van der Waals surface area contributed by atoms with Gasteiger partial charge in [0, 0.05) is 20.1 Å². The molecule has 0 unspecified atom stereocenters. The third-order valence-corrected chi connectivity index (χ3v) is 4.50. The van der Waals surface area contributed by atoms with Gasteiger partial charge in [-0.2, -0.15) is 0 Å². The maximum absolute atomic E-state index is 13.1. The summed E-state index contributed by atoms with van der Waals surface area (Å²) >= 11 is 0. The molecule has 0 aliphatic carbocycles. The molecule has 2 N–H and O–H groups in total. The minimum absolute atomic E-state index is 0. The van der Waals surface area contributed by atoms with E-state index in [1.54, 1.807) is 19.2 Å². The predicted octanol–water partition coefficient (Wildman–Crippen LogP) is 2.88. The van der Waals surface area contributed by atoms with Crippen molar-refractivity contribution in [1.82, 2.24) is 15.5 Å². The molecule has 0 spiro atoms. The maximum Gasteiger partial charge on any atom is 0.190 e. The topological polar surface area (TPSA) is 39.7 Å². The van der Waals surface area contributed by atoms with E-state index in [-0.39, 0.29) is 29.8 Å². The van der Waals surface area contributed by atoms with Gasteiger partial charge in [0.05, 0.1) is 0 Å². The third-order valence-electron chi connectivity index (χ3n) is 4.50. The zero-order chi connectivity index (χ0) is 16.5. The van der Waals surface area contributed by atoms with Crippen molar-refractivity contribution in [3.05, 3.63) is 35.6 Å². The van der Waals surface area contributed by atoms with E-state index in [1.807, 2.05) is 6.07 Å². The van der Waals surface area contributed by atoms with Gasteiger partial charge in [-0.1, -0.05) is 12.1 Å². The molecule has 0 atom stereocenters. The van der Waals surface area contributed by atoms with Crippen LogP contribution in [0.5, 0.6) is 0 Å². The molecule has 0 saturated carbocycles. The van der Waals surface area contributed by atoms with Crippen LogP contribution in [0.4, 0.5) is 4.39 Å². The third kappa shape index (κ3) is 7.79. The highest BCUT2D eigenvalue weighted by Crippen LogP contribution is 2.18. The van der Waals surface area contributed by atoms with E-state index < -0.39 is 0 Å². The van der Waals surface area contributed by atoms with Crippen LogP contribution in [0, 0.1) is 11.7 Å². The van der Waals surface area contributed by atoms with Gasteiger partial charge in [-0.05, 0) is 69.4 Å². The lowest BCUT2D eigenvalue weighted by Gasteiger charge is -2.29. The molecule has 4 nitrogen and oxygen atoms in total. The van der Waals surface area contributed by atoms with Crippen LogP contribution in [0.3, 0.4) is 0 Å². The molecular formula is C18H30FIN4. The Morgan fingerprint density at radius 2 is 1.96 bits per heavy atom. The first-order chi connectivity index (χ1) is 11.2. The highest BCUT2D eigenvalue weighted by Gasteiger charge is 2.16. The summed E-state index contributed by atoms with van der Waals surface area (Å²) in [5.41, 5.74) is 0.999. The van der Waals surface area contributed by atoms with Gasteiger partial charge < -0.3 is 15.5 Å². The van der Waals surface area contributed by atoms with Gasteiger partial charge in [0.2, 0.25) is 0 Å². The van der Waals surface area contributed by atoms with Crippen LogP contribution < -0.4 is 10.6 Å². The lowest BCUT2D eigenvalue weighted by Crippen LogP contribution is -2.39. The number of nitrogens with zero attached hydrogens (tertiary/aromatic N) is 2. The van der Waals surface area contributed by atoms with Crippen molar-refractivity contribution in [2.45, 2.75) is 25.7 Å². The number of hydrogen-bond donors (Lipinski definition) is 2. The molecule has 1 aromatic rings. The van der Waals surface area contributed by atoms with Crippen LogP contribution in [-0.4, -0.2) is 51.1 Å². The van der Waals surface area contributed by atoms with Gasteiger partial charge in [-0.25, -0.2) is 4.39 Å². The van der Waals surface area contributed by atoms with Crippen molar-refractivity contribution in [3.8, 4) is 0 Å². The van der Waals surface area contributed by atoms with Gasteiger partial charge >= 0.3 is 0 Å². The molecule has 0 amide bonds. The summed E-state index contributed by atoms with van der Waals surface area (Å²) in [6.45, 7) is 4.13. The number of guanidine groups is 1. The van der Waals surface area contributed by atoms with E-state index in [2.05, 4.69) is 27.6 Å². The van der Waals surface area contributed by atoms with Crippen LogP contribution in [0.15, 0.2) is 29.3 Å². The second-order valence-electron chi connectivity index (χ2n) is 6.34. The van der Waals surface area contributed by atoms with E-state index in [0.29, 0.717) is 0 Å². The molecule has 1 aliphatic heterocycles. The second-order valence-corrected chi connectivity index (χ2v) is 6.34. The Balaban J connectivity index is 0.00000288. The molecule has 24 heavy (non-hydrogen) atoms. The molecule has 6 heteroatoms. The van der Waals surface area contributed by atoms with Crippen molar-refractivity contribution in [3.63, 3.8) is 0 Å². The van der Waals surface area contributed by atoms with E-state index in [0.717, 1.165) is 37.0 Å². The molecule has 1 heterocycles. The fraction of sp³-hybridized carbons (Fsp3) is 0.611. The van der Waals surface area contributed by atoms with E-state index in [9.17, 15) is 4.39 Å². The lowest BCUT2D eigenvalue weighted by atomic mass is 9.94. The molecule has 0 bridgehead atoms. The number of rotatable bonds is 6. The Labute approximate surface area is 162 Å². The SMILES string of the molecule is CN=C(NCCc1cccc(F)c1)NCCC1CCN(C)CC1.I. The largest absolute Gasteiger partial charge is 0.356 e. The van der Waals surface area contributed by atoms with Crippen LogP contribution in [0.2, 0.25) is 0 Å². The highest BCUT2D eigenvalue weighted by molar-refractivity contribution is 14.0. The monoisotopic (exact) mass is 448 g/mol. The molecular weight excluding hydrogens is 418 g/mol. The van der Waals surface area contributed by atoms with Crippen molar-refractivity contribution >= 4 is 29.9 Å². The zero-order valence-corrected chi connectivity index (χ0v) is 17.1. The summed E-state index contributed by atoms with van der Waals surface area (Å²) < 4.78 is 13.1. The number of hydrogen-bond acceptors (Lipinski definition) is 2. The van der Waals surface area contributed by atoms with Crippen molar-refractivity contribution in [1.29, 1.82) is 0 Å². The van der Waals surface area contributed by atoms with Crippen molar-refractivity contribution < 1.29 is 4.39 Å². The molecule has 1 aliphatic rings. The second kappa shape index (κ2) is 11.6. The minimum Gasteiger partial charge on any atom is -0.356 e. The summed E-state index contributed by atoms with van der Waals surface area (Å²) in [6, 6.07) is 6.75. The molecule has 0 radical (unpaired) electrons. The Kier molecular flexibility index (Phi) is 10.2. The molecule has 1 saturated heterocycles. The van der Waals surface area contributed by atoms with Crippen LogP contribution in [0.1, 0.15) is 24.8 Å². The summed E-state index contributed by atoms with van der Waals surface area (Å²) in [6.07, 6.45) is 4.57. The predicted molar refractivity (Wildman–Crippen MR) is 110 cm³/mol. The van der Waals surface area contributed by atoms with Gasteiger partial charge in [0.25, 0.3) is 0 Å². The quantitative estimate of drug-likeness (QED) is 0.400. The van der Waals surface area contributed by atoms with Gasteiger partial charge in [0.1, 0.15) is 5.82 Å². The molecule has 0 aromatic heterocycles.